The third kappa shape index (κ3) is 2.27. The molecule has 0 bridgehead atoms. The SMILES string of the molecule is Cc1ccc(C)c(CC(=O)N2C[C@H]3C[C@@H](O)[C@H]3C2)c1. The van der Waals surface area contributed by atoms with E-state index in [1.165, 1.54) is 11.1 Å². The highest BCUT2D eigenvalue weighted by molar-refractivity contribution is 5.79. The first-order chi connectivity index (χ1) is 9.04. The first-order valence-corrected chi connectivity index (χ1v) is 7.06. The molecule has 102 valence electrons. The lowest BCUT2D eigenvalue weighted by Crippen LogP contribution is -2.39. The predicted octanol–water partition coefficient (Wildman–Crippen LogP) is 1.69. The third-order valence-corrected chi connectivity index (χ3v) is 4.73. The molecule has 3 heteroatoms. The number of likely N-dealkylation sites (tertiary alicyclic amines) is 1. The van der Waals surface area contributed by atoms with Gasteiger partial charge < -0.3 is 10.0 Å². The third-order valence-electron chi connectivity index (χ3n) is 4.73. The largest absolute Gasteiger partial charge is 0.393 e. The summed E-state index contributed by atoms with van der Waals surface area (Å²) in [7, 11) is 0. The van der Waals surface area contributed by atoms with Gasteiger partial charge in [0.2, 0.25) is 5.91 Å². The number of carbonyl (C=O) groups excluding carboxylic acids is 1. The summed E-state index contributed by atoms with van der Waals surface area (Å²) in [5.41, 5.74) is 3.51. The quantitative estimate of drug-likeness (QED) is 0.878. The van der Waals surface area contributed by atoms with Gasteiger partial charge in [0.25, 0.3) is 0 Å². The summed E-state index contributed by atoms with van der Waals surface area (Å²) in [5.74, 6) is 1.08. The second kappa shape index (κ2) is 4.64. The molecule has 1 aromatic rings. The van der Waals surface area contributed by atoms with Gasteiger partial charge in [-0.05, 0) is 37.3 Å². The summed E-state index contributed by atoms with van der Waals surface area (Å²) in [6.07, 6.45) is 1.18. The molecule has 2 fully saturated rings. The van der Waals surface area contributed by atoms with Crippen LogP contribution in [0.4, 0.5) is 0 Å². The lowest BCUT2D eigenvalue weighted by molar-refractivity contribution is -0.129. The minimum absolute atomic E-state index is 0.177. The fourth-order valence-electron chi connectivity index (χ4n) is 3.34. The van der Waals surface area contributed by atoms with E-state index in [1.54, 1.807) is 0 Å². The van der Waals surface area contributed by atoms with Gasteiger partial charge in [0.1, 0.15) is 0 Å². The number of nitrogens with zero attached hydrogens (tertiary/aromatic N) is 1. The highest BCUT2D eigenvalue weighted by Gasteiger charge is 2.47. The number of amides is 1. The zero-order valence-electron chi connectivity index (χ0n) is 11.6. The molecule has 3 nitrogen and oxygen atoms in total. The maximum Gasteiger partial charge on any atom is 0.227 e. The Labute approximate surface area is 114 Å². The van der Waals surface area contributed by atoms with Crippen LogP contribution in [0.3, 0.4) is 0 Å². The second-order valence-corrected chi connectivity index (χ2v) is 6.13. The molecule has 1 aliphatic heterocycles. The van der Waals surface area contributed by atoms with Crippen molar-refractivity contribution < 1.29 is 9.90 Å². The number of hydrogen-bond acceptors (Lipinski definition) is 2. The smallest absolute Gasteiger partial charge is 0.227 e. The van der Waals surface area contributed by atoms with Crippen LogP contribution in [0, 0.1) is 25.7 Å². The zero-order valence-corrected chi connectivity index (χ0v) is 11.6. The van der Waals surface area contributed by atoms with Gasteiger partial charge in [0.15, 0.2) is 0 Å². The molecule has 0 aromatic heterocycles. The summed E-state index contributed by atoms with van der Waals surface area (Å²) in [6, 6.07) is 6.26. The number of aryl methyl sites for hydroxylation is 2. The van der Waals surface area contributed by atoms with Crippen molar-refractivity contribution in [2.24, 2.45) is 11.8 Å². The molecule has 1 N–H and O–H groups in total. The Morgan fingerprint density at radius 2 is 2.16 bits per heavy atom. The Morgan fingerprint density at radius 1 is 1.37 bits per heavy atom. The van der Waals surface area contributed by atoms with Gasteiger partial charge in [0, 0.05) is 19.0 Å². The van der Waals surface area contributed by atoms with Crippen LogP contribution < -0.4 is 0 Å². The molecule has 1 saturated carbocycles. The Hall–Kier alpha value is -1.35. The van der Waals surface area contributed by atoms with Gasteiger partial charge in [-0.25, -0.2) is 0 Å². The fourth-order valence-corrected chi connectivity index (χ4v) is 3.34. The van der Waals surface area contributed by atoms with Crippen molar-refractivity contribution in [1.82, 2.24) is 4.90 Å². The highest BCUT2D eigenvalue weighted by atomic mass is 16.3. The highest BCUT2D eigenvalue weighted by Crippen LogP contribution is 2.40. The Kier molecular flexibility index (Phi) is 3.09. The molecule has 1 amide bonds. The molecule has 1 aromatic carbocycles. The normalized spacial score (nSPS) is 29.0. The Balaban J connectivity index is 1.67. The number of hydrogen-bond donors (Lipinski definition) is 1. The number of carbonyl (C=O) groups is 1. The molecule has 0 radical (unpaired) electrons. The molecule has 1 heterocycles. The van der Waals surface area contributed by atoms with Crippen LogP contribution in [0.2, 0.25) is 0 Å². The van der Waals surface area contributed by atoms with E-state index in [-0.39, 0.29) is 12.0 Å². The van der Waals surface area contributed by atoms with Crippen LogP contribution in [-0.4, -0.2) is 35.1 Å². The number of fused-ring (bicyclic) bond motifs is 1. The predicted molar refractivity (Wildman–Crippen MR) is 73.8 cm³/mol. The van der Waals surface area contributed by atoms with Crippen LogP contribution in [0.5, 0.6) is 0 Å². The first-order valence-electron chi connectivity index (χ1n) is 7.06. The minimum atomic E-state index is -0.177. The van der Waals surface area contributed by atoms with Gasteiger partial charge in [-0.3, -0.25) is 4.79 Å². The van der Waals surface area contributed by atoms with E-state index >= 15 is 0 Å². The number of rotatable bonds is 2. The summed E-state index contributed by atoms with van der Waals surface area (Å²) < 4.78 is 0. The molecule has 2 aliphatic rings. The van der Waals surface area contributed by atoms with Crippen LogP contribution in [0.1, 0.15) is 23.1 Å². The minimum Gasteiger partial charge on any atom is -0.393 e. The molecular weight excluding hydrogens is 238 g/mol. The van der Waals surface area contributed by atoms with Crippen LogP contribution in [0.15, 0.2) is 18.2 Å². The topological polar surface area (TPSA) is 40.5 Å². The molecule has 3 atom stereocenters. The maximum atomic E-state index is 12.3. The van der Waals surface area contributed by atoms with E-state index in [9.17, 15) is 9.90 Å². The second-order valence-electron chi connectivity index (χ2n) is 6.13. The summed E-state index contributed by atoms with van der Waals surface area (Å²) in [5, 5.41) is 9.65. The van der Waals surface area contributed by atoms with Crippen molar-refractivity contribution in [3.63, 3.8) is 0 Å². The van der Waals surface area contributed by atoms with Gasteiger partial charge in [-0.15, -0.1) is 0 Å². The van der Waals surface area contributed by atoms with Crippen LogP contribution >= 0.6 is 0 Å². The lowest BCUT2D eigenvalue weighted by atomic mass is 9.74. The van der Waals surface area contributed by atoms with E-state index in [1.807, 2.05) is 4.90 Å². The molecule has 1 saturated heterocycles. The lowest BCUT2D eigenvalue weighted by Gasteiger charge is -2.34. The first kappa shape index (κ1) is 12.7. The van der Waals surface area contributed by atoms with E-state index in [0.717, 1.165) is 25.1 Å². The summed E-state index contributed by atoms with van der Waals surface area (Å²) in [6.45, 7) is 5.69. The fraction of sp³-hybridized carbons (Fsp3) is 0.562. The van der Waals surface area contributed by atoms with Gasteiger partial charge in [0.05, 0.1) is 12.5 Å². The summed E-state index contributed by atoms with van der Waals surface area (Å²) in [4.78, 5) is 14.3. The van der Waals surface area contributed by atoms with Crippen molar-refractivity contribution >= 4 is 5.91 Å². The van der Waals surface area contributed by atoms with Crippen molar-refractivity contribution in [3.05, 3.63) is 34.9 Å². The van der Waals surface area contributed by atoms with Crippen molar-refractivity contribution in [3.8, 4) is 0 Å². The van der Waals surface area contributed by atoms with Crippen molar-refractivity contribution in [2.75, 3.05) is 13.1 Å². The number of aliphatic hydroxyl groups excluding tert-OH is 1. The van der Waals surface area contributed by atoms with Crippen molar-refractivity contribution in [1.29, 1.82) is 0 Å². The zero-order chi connectivity index (χ0) is 13.6. The van der Waals surface area contributed by atoms with E-state index in [2.05, 4.69) is 32.0 Å². The standard InChI is InChI=1S/C16H21NO2/c1-10-3-4-11(2)12(5-10)7-16(19)17-8-13-6-15(18)14(13)9-17/h3-5,13-15,18H,6-9H2,1-2H3/t13-,14+,15-/m1/s1. The molecule has 19 heavy (non-hydrogen) atoms. The van der Waals surface area contributed by atoms with Gasteiger partial charge in [-0.2, -0.15) is 0 Å². The number of benzene rings is 1. The average Bonchev–Trinajstić information content (AvgIpc) is 2.71. The molecule has 1 aliphatic carbocycles. The van der Waals surface area contributed by atoms with E-state index < -0.39 is 0 Å². The monoisotopic (exact) mass is 259 g/mol. The van der Waals surface area contributed by atoms with Gasteiger partial charge >= 0.3 is 0 Å². The molecule has 0 unspecified atom stereocenters. The van der Waals surface area contributed by atoms with E-state index in [0.29, 0.717) is 18.3 Å². The van der Waals surface area contributed by atoms with Crippen LogP contribution in [-0.2, 0) is 11.2 Å². The molecular formula is C16H21NO2. The average molecular weight is 259 g/mol. The van der Waals surface area contributed by atoms with E-state index in [4.69, 9.17) is 0 Å². The molecule has 0 spiro atoms. The Morgan fingerprint density at radius 3 is 2.84 bits per heavy atom. The summed E-state index contributed by atoms with van der Waals surface area (Å²) >= 11 is 0. The van der Waals surface area contributed by atoms with Crippen LogP contribution in [0.25, 0.3) is 0 Å². The maximum absolute atomic E-state index is 12.3. The number of aliphatic hydroxyl groups is 1. The molecule has 3 rings (SSSR count). The van der Waals surface area contributed by atoms with Gasteiger partial charge in [-0.1, -0.05) is 23.8 Å². The Bertz CT molecular complexity index is 511. The van der Waals surface area contributed by atoms with Crippen molar-refractivity contribution in [2.45, 2.75) is 32.8 Å².